The van der Waals surface area contributed by atoms with Crippen molar-refractivity contribution in [2.24, 2.45) is 7.05 Å². The molecule has 1 aromatic rings. The van der Waals surface area contributed by atoms with Crippen LogP contribution >= 0.6 is 0 Å². The van der Waals surface area contributed by atoms with Gasteiger partial charge < -0.3 is 15.0 Å². The third kappa shape index (κ3) is 2.34. The molecule has 86 valence electrons. The van der Waals surface area contributed by atoms with E-state index in [1.807, 2.05) is 6.07 Å². The maximum absolute atomic E-state index is 11.8. The minimum atomic E-state index is -0.583. The summed E-state index contributed by atoms with van der Waals surface area (Å²) in [5, 5.41) is 8.78. The van der Waals surface area contributed by atoms with Gasteiger partial charge in [-0.1, -0.05) is 0 Å². The molecule has 0 saturated carbocycles. The molecule has 0 unspecified atom stereocenters. The highest BCUT2D eigenvalue weighted by molar-refractivity contribution is 5.95. The van der Waals surface area contributed by atoms with Gasteiger partial charge >= 0.3 is 5.97 Å². The number of nitrogen functional groups attached to an aromatic ring is 1. The van der Waals surface area contributed by atoms with E-state index in [0.29, 0.717) is 0 Å². The summed E-state index contributed by atoms with van der Waals surface area (Å²) in [6.07, 6.45) is 1.51. The van der Waals surface area contributed by atoms with Crippen LogP contribution in [0.2, 0.25) is 0 Å². The van der Waals surface area contributed by atoms with E-state index in [1.165, 1.54) is 10.8 Å². The van der Waals surface area contributed by atoms with Gasteiger partial charge in [-0.15, -0.1) is 0 Å². The molecule has 0 fully saturated rings. The summed E-state index contributed by atoms with van der Waals surface area (Å²) in [5.74, 6) is -0.519. The van der Waals surface area contributed by atoms with E-state index in [4.69, 9.17) is 15.7 Å². The lowest BCUT2D eigenvalue weighted by atomic mass is 10.2. The molecule has 16 heavy (non-hydrogen) atoms. The zero-order chi connectivity index (χ0) is 12.5. The van der Waals surface area contributed by atoms with Crippen molar-refractivity contribution in [2.75, 3.05) is 5.73 Å². The van der Waals surface area contributed by atoms with Gasteiger partial charge in [0.05, 0.1) is 11.3 Å². The molecule has 1 rings (SSSR count). The van der Waals surface area contributed by atoms with Crippen LogP contribution in [0.5, 0.6) is 0 Å². The van der Waals surface area contributed by atoms with Gasteiger partial charge in [0.1, 0.15) is 11.7 Å². The van der Waals surface area contributed by atoms with Gasteiger partial charge in [-0.3, -0.25) is 0 Å². The van der Waals surface area contributed by atoms with Gasteiger partial charge in [-0.25, -0.2) is 4.79 Å². The standard InChI is InChI=1S/C11H15N3O2/c1-11(2,3)16-10(15)9-8(13)7(5-12)6-14(9)4/h6H,13H2,1-4H3. The summed E-state index contributed by atoms with van der Waals surface area (Å²) in [6.45, 7) is 5.32. The zero-order valence-corrected chi connectivity index (χ0v) is 9.87. The smallest absolute Gasteiger partial charge is 0.357 e. The molecule has 1 aromatic heterocycles. The Labute approximate surface area is 94.4 Å². The van der Waals surface area contributed by atoms with Gasteiger partial charge in [0.15, 0.2) is 5.69 Å². The molecule has 0 saturated heterocycles. The molecule has 2 N–H and O–H groups in total. The van der Waals surface area contributed by atoms with E-state index in [9.17, 15) is 4.79 Å². The van der Waals surface area contributed by atoms with Crippen molar-refractivity contribution in [1.29, 1.82) is 5.26 Å². The minimum absolute atomic E-state index is 0.166. The van der Waals surface area contributed by atoms with Gasteiger partial charge in [0.2, 0.25) is 0 Å². The average Bonchev–Trinajstić information content (AvgIpc) is 2.38. The van der Waals surface area contributed by atoms with E-state index in [1.54, 1.807) is 27.8 Å². The third-order valence-electron chi connectivity index (χ3n) is 1.93. The van der Waals surface area contributed by atoms with Crippen LogP contribution < -0.4 is 5.73 Å². The van der Waals surface area contributed by atoms with Crippen LogP contribution in [0.4, 0.5) is 5.69 Å². The van der Waals surface area contributed by atoms with Crippen LogP contribution in [-0.2, 0) is 11.8 Å². The molecule has 0 radical (unpaired) electrons. The molecular formula is C11H15N3O2. The predicted octanol–water partition coefficient (Wildman–Crippen LogP) is 1.43. The second-order valence-electron chi connectivity index (χ2n) is 4.53. The van der Waals surface area contributed by atoms with E-state index >= 15 is 0 Å². The molecule has 0 aliphatic rings. The van der Waals surface area contributed by atoms with Crippen LogP contribution in [0.1, 0.15) is 36.8 Å². The number of carbonyl (C=O) groups is 1. The Bertz CT molecular complexity index is 461. The Morgan fingerprint density at radius 1 is 1.56 bits per heavy atom. The van der Waals surface area contributed by atoms with Crippen LogP contribution in [0.15, 0.2) is 6.20 Å². The monoisotopic (exact) mass is 221 g/mol. The highest BCUT2D eigenvalue weighted by atomic mass is 16.6. The first kappa shape index (κ1) is 12.1. The number of ether oxygens (including phenoxy) is 1. The Hall–Kier alpha value is -1.96. The summed E-state index contributed by atoms with van der Waals surface area (Å²) in [5.41, 5.74) is 5.77. The zero-order valence-electron chi connectivity index (χ0n) is 9.87. The Morgan fingerprint density at radius 3 is 2.50 bits per heavy atom. The number of hydrogen-bond acceptors (Lipinski definition) is 4. The molecule has 5 heteroatoms. The molecule has 0 aliphatic heterocycles. The molecule has 0 atom stereocenters. The molecular weight excluding hydrogens is 206 g/mol. The highest BCUT2D eigenvalue weighted by Crippen LogP contribution is 2.21. The SMILES string of the molecule is Cn1cc(C#N)c(N)c1C(=O)OC(C)(C)C. The molecule has 5 nitrogen and oxygen atoms in total. The number of esters is 1. The Balaban J connectivity index is 3.11. The Kier molecular flexibility index (Phi) is 2.95. The topological polar surface area (TPSA) is 81.0 Å². The van der Waals surface area contributed by atoms with Crippen molar-refractivity contribution >= 4 is 11.7 Å². The lowest BCUT2D eigenvalue weighted by molar-refractivity contribution is 0.00604. The number of carbonyl (C=O) groups excluding carboxylic acids is 1. The van der Waals surface area contributed by atoms with Crippen molar-refractivity contribution in [1.82, 2.24) is 4.57 Å². The quantitative estimate of drug-likeness (QED) is 0.727. The number of rotatable bonds is 1. The summed E-state index contributed by atoms with van der Waals surface area (Å²) >= 11 is 0. The van der Waals surface area contributed by atoms with Crippen LogP contribution in [0, 0.1) is 11.3 Å². The van der Waals surface area contributed by atoms with Gasteiger partial charge in [0.25, 0.3) is 0 Å². The number of aryl methyl sites for hydroxylation is 1. The number of aromatic nitrogens is 1. The van der Waals surface area contributed by atoms with Crippen LogP contribution in [0.3, 0.4) is 0 Å². The first-order chi connectivity index (χ1) is 7.26. The first-order valence-electron chi connectivity index (χ1n) is 4.84. The number of hydrogen-bond donors (Lipinski definition) is 1. The molecule has 0 aliphatic carbocycles. The van der Waals surface area contributed by atoms with E-state index in [2.05, 4.69) is 0 Å². The molecule has 0 amide bonds. The number of nitrogens with two attached hydrogens (primary N) is 1. The summed E-state index contributed by atoms with van der Waals surface area (Å²) in [6, 6.07) is 1.92. The van der Waals surface area contributed by atoms with Gasteiger partial charge in [-0.2, -0.15) is 5.26 Å². The fourth-order valence-electron chi connectivity index (χ4n) is 1.31. The maximum atomic E-state index is 11.8. The average molecular weight is 221 g/mol. The minimum Gasteiger partial charge on any atom is -0.455 e. The van der Waals surface area contributed by atoms with Crippen LogP contribution in [0.25, 0.3) is 0 Å². The predicted molar refractivity (Wildman–Crippen MR) is 59.7 cm³/mol. The largest absolute Gasteiger partial charge is 0.455 e. The summed E-state index contributed by atoms with van der Waals surface area (Å²) in [7, 11) is 1.65. The summed E-state index contributed by atoms with van der Waals surface area (Å²) < 4.78 is 6.70. The first-order valence-corrected chi connectivity index (χ1v) is 4.84. The second-order valence-corrected chi connectivity index (χ2v) is 4.53. The van der Waals surface area contributed by atoms with E-state index in [0.717, 1.165) is 0 Å². The Morgan fingerprint density at radius 2 is 2.12 bits per heavy atom. The lowest BCUT2D eigenvalue weighted by Crippen LogP contribution is -2.25. The third-order valence-corrected chi connectivity index (χ3v) is 1.93. The fourth-order valence-corrected chi connectivity index (χ4v) is 1.31. The van der Waals surface area contributed by atoms with Gasteiger partial charge in [-0.05, 0) is 20.8 Å². The van der Waals surface area contributed by atoms with Crippen LogP contribution in [-0.4, -0.2) is 16.1 Å². The van der Waals surface area contributed by atoms with Crippen molar-refractivity contribution in [3.05, 3.63) is 17.5 Å². The fraction of sp³-hybridized carbons (Fsp3) is 0.455. The van der Waals surface area contributed by atoms with E-state index in [-0.39, 0.29) is 16.9 Å². The summed E-state index contributed by atoms with van der Waals surface area (Å²) in [4.78, 5) is 11.8. The molecule has 0 spiro atoms. The van der Waals surface area contributed by atoms with Gasteiger partial charge in [0, 0.05) is 13.2 Å². The molecule has 0 aromatic carbocycles. The van der Waals surface area contributed by atoms with Crippen molar-refractivity contribution in [2.45, 2.75) is 26.4 Å². The number of anilines is 1. The molecule has 0 bridgehead atoms. The normalized spacial score (nSPS) is 10.9. The maximum Gasteiger partial charge on any atom is 0.357 e. The van der Waals surface area contributed by atoms with Crippen molar-refractivity contribution < 1.29 is 9.53 Å². The van der Waals surface area contributed by atoms with Crippen molar-refractivity contribution in [3.63, 3.8) is 0 Å². The number of nitrogens with zero attached hydrogens (tertiary/aromatic N) is 2. The second kappa shape index (κ2) is 3.89. The lowest BCUT2D eigenvalue weighted by Gasteiger charge is -2.19. The number of nitriles is 1. The van der Waals surface area contributed by atoms with E-state index < -0.39 is 11.6 Å². The van der Waals surface area contributed by atoms with Crippen molar-refractivity contribution in [3.8, 4) is 6.07 Å². The molecule has 1 heterocycles. The highest BCUT2D eigenvalue weighted by Gasteiger charge is 2.24.